The Hall–Kier alpha value is -1.87. The van der Waals surface area contributed by atoms with E-state index >= 15 is 0 Å². The first-order chi connectivity index (χ1) is 8.27. The number of anilines is 1. The lowest BCUT2D eigenvalue weighted by Crippen LogP contribution is -2.14. The van der Waals surface area contributed by atoms with Crippen LogP contribution in [0.5, 0.6) is 0 Å². The van der Waals surface area contributed by atoms with Crippen LogP contribution >= 0.6 is 0 Å². The van der Waals surface area contributed by atoms with E-state index < -0.39 is 0 Å². The van der Waals surface area contributed by atoms with Gasteiger partial charge < -0.3 is 11.1 Å². The van der Waals surface area contributed by atoms with Gasteiger partial charge in [0.15, 0.2) is 5.82 Å². The van der Waals surface area contributed by atoms with E-state index in [-0.39, 0.29) is 11.5 Å². The molecule has 0 atom stereocenters. The number of benzene rings is 2. The van der Waals surface area contributed by atoms with Gasteiger partial charge in [-0.05, 0) is 11.6 Å². The van der Waals surface area contributed by atoms with Crippen molar-refractivity contribution in [1.82, 2.24) is 5.32 Å². The van der Waals surface area contributed by atoms with Gasteiger partial charge in [0.25, 0.3) is 0 Å². The highest BCUT2D eigenvalue weighted by Gasteiger charge is 2.04. The molecule has 88 valence electrons. The summed E-state index contributed by atoms with van der Waals surface area (Å²) < 4.78 is 13.6. The van der Waals surface area contributed by atoms with Crippen LogP contribution in [-0.4, -0.2) is 0 Å². The fourth-order valence-corrected chi connectivity index (χ4v) is 1.67. The molecule has 0 amide bonds. The van der Waals surface area contributed by atoms with Gasteiger partial charge in [-0.15, -0.1) is 0 Å². The lowest BCUT2D eigenvalue weighted by atomic mass is 10.1. The molecule has 0 fully saturated rings. The highest BCUT2D eigenvalue weighted by atomic mass is 19.1. The molecule has 2 rings (SSSR count). The summed E-state index contributed by atoms with van der Waals surface area (Å²) in [6, 6.07) is 15.1. The molecule has 3 heteroatoms. The third-order valence-electron chi connectivity index (χ3n) is 2.60. The molecule has 0 aliphatic rings. The zero-order valence-electron chi connectivity index (χ0n) is 9.49. The number of halogens is 1. The van der Waals surface area contributed by atoms with Gasteiger partial charge >= 0.3 is 0 Å². The van der Waals surface area contributed by atoms with Crippen molar-refractivity contribution < 1.29 is 4.39 Å². The smallest absolute Gasteiger partial charge is 0.150 e. The van der Waals surface area contributed by atoms with E-state index in [9.17, 15) is 4.39 Å². The topological polar surface area (TPSA) is 38.0 Å². The Balaban J connectivity index is 1.93. The predicted molar refractivity (Wildman–Crippen MR) is 67.8 cm³/mol. The molecule has 0 radical (unpaired) electrons. The number of nitrogens with two attached hydrogens (primary N) is 1. The molecule has 0 saturated heterocycles. The lowest BCUT2D eigenvalue weighted by Gasteiger charge is -2.07. The average Bonchev–Trinajstić information content (AvgIpc) is 2.36. The minimum Gasteiger partial charge on any atom is -0.396 e. The van der Waals surface area contributed by atoms with E-state index in [2.05, 4.69) is 5.32 Å². The van der Waals surface area contributed by atoms with Crippen LogP contribution in [0.3, 0.4) is 0 Å². The minimum absolute atomic E-state index is 0.198. The largest absolute Gasteiger partial charge is 0.396 e. The van der Waals surface area contributed by atoms with E-state index in [0.29, 0.717) is 12.1 Å². The van der Waals surface area contributed by atoms with Gasteiger partial charge in [0.1, 0.15) is 0 Å². The van der Waals surface area contributed by atoms with Gasteiger partial charge in [0.05, 0.1) is 5.69 Å². The maximum Gasteiger partial charge on any atom is 0.150 e. The van der Waals surface area contributed by atoms with Crippen LogP contribution in [0.15, 0.2) is 48.5 Å². The highest BCUT2D eigenvalue weighted by Crippen LogP contribution is 2.14. The fourth-order valence-electron chi connectivity index (χ4n) is 1.67. The van der Waals surface area contributed by atoms with E-state index in [1.54, 1.807) is 18.2 Å². The Morgan fingerprint density at radius 1 is 0.941 bits per heavy atom. The van der Waals surface area contributed by atoms with Gasteiger partial charge in [-0.25, -0.2) is 4.39 Å². The van der Waals surface area contributed by atoms with Crippen molar-refractivity contribution in [1.29, 1.82) is 0 Å². The third kappa shape index (κ3) is 3.04. The molecule has 0 saturated carbocycles. The molecule has 2 nitrogen and oxygen atoms in total. The molecule has 0 heterocycles. The van der Waals surface area contributed by atoms with Crippen molar-refractivity contribution in [3.8, 4) is 0 Å². The van der Waals surface area contributed by atoms with Gasteiger partial charge in [-0.1, -0.05) is 42.5 Å². The number of hydrogen-bond donors (Lipinski definition) is 2. The fraction of sp³-hybridized carbons (Fsp3) is 0.143. The molecule has 2 aromatic rings. The highest BCUT2D eigenvalue weighted by molar-refractivity contribution is 5.42. The van der Waals surface area contributed by atoms with Gasteiger partial charge in [0.2, 0.25) is 0 Å². The van der Waals surface area contributed by atoms with Crippen molar-refractivity contribution in [2.75, 3.05) is 5.73 Å². The summed E-state index contributed by atoms with van der Waals surface area (Å²) in [5.41, 5.74) is 7.47. The summed E-state index contributed by atoms with van der Waals surface area (Å²) in [6.45, 7) is 1.20. The van der Waals surface area contributed by atoms with Crippen LogP contribution in [0.2, 0.25) is 0 Å². The number of hydrogen-bond acceptors (Lipinski definition) is 2. The van der Waals surface area contributed by atoms with Crippen molar-refractivity contribution in [3.63, 3.8) is 0 Å². The predicted octanol–water partition coefficient (Wildman–Crippen LogP) is 2.70. The van der Waals surface area contributed by atoms with Crippen molar-refractivity contribution in [2.24, 2.45) is 0 Å². The Morgan fingerprint density at radius 3 is 2.47 bits per heavy atom. The second-order valence-corrected chi connectivity index (χ2v) is 3.91. The first-order valence-electron chi connectivity index (χ1n) is 5.55. The molecule has 0 aliphatic heterocycles. The second kappa shape index (κ2) is 5.46. The Bertz CT molecular complexity index is 483. The summed E-state index contributed by atoms with van der Waals surface area (Å²) in [7, 11) is 0. The van der Waals surface area contributed by atoms with Gasteiger partial charge in [0, 0.05) is 18.7 Å². The first-order valence-corrected chi connectivity index (χ1v) is 5.55. The van der Waals surface area contributed by atoms with Crippen LogP contribution in [-0.2, 0) is 13.1 Å². The van der Waals surface area contributed by atoms with E-state index in [0.717, 1.165) is 6.54 Å². The number of nitrogens with one attached hydrogen (secondary N) is 1. The van der Waals surface area contributed by atoms with E-state index in [1.807, 2.05) is 30.3 Å². The Labute approximate surface area is 100 Å². The van der Waals surface area contributed by atoms with Crippen molar-refractivity contribution >= 4 is 5.69 Å². The maximum atomic E-state index is 13.6. The van der Waals surface area contributed by atoms with E-state index in [1.165, 1.54) is 5.56 Å². The lowest BCUT2D eigenvalue weighted by molar-refractivity contribution is 0.592. The molecule has 0 bridgehead atoms. The molecular weight excluding hydrogens is 215 g/mol. The van der Waals surface area contributed by atoms with Crippen molar-refractivity contribution in [3.05, 3.63) is 65.5 Å². The second-order valence-electron chi connectivity index (χ2n) is 3.91. The number of rotatable bonds is 4. The standard InChI is InChI=1S/C14H15FN2/c15-14-12(7-4-8-13(14)16)10-17-9-11-5-2-1-3-6-11/h1-8,17H,9-10,16H2. The Kier molecular flexibility index (Phi) is 3.73. The van der Waals surface area contributed by atoms with E-state index in [4.69, 9.17) is 5.73 Å². The summed E-state index contributed by atoms with van der Waals surface area (Å²) in [6.07, 6.45) is 0. The zero-order chi connectivity index (χ0) is 12.1. The third-order valence-corrected chi connectivity index (χ3v) is 2.60. The SMILES string of the molecule is Nc1cccc(CNCc2ccccc2)c1F. The monoisotopic (exact) mass is 230 g/mol. The molecule has 0 spiro atoms. The van der Waals surface area contributed by atoms with Crippen LogP contribution in [0, 0.1) is 5.82 Å². The average molecular weight is 230 g/mol. The molecule has 17 heavy (non-hydrogen) atoms. The first kappa shape index (κ1) is 11.6. The molecule has 0 unspecified atom stereocenters. The van der Waals surface area contributed by atoms with Gasteiger partial charge in [-0.3, -0.25) is 0 Å². The van der Waals surface area contributed by atoms with Crippen LogP contribution in [0.1, 0.15) is 11.1 Å². The molecule has 3 N–H and O–H groups in total. The summed E-state index contributed by atoms with van der Waals surface area (Å²) >= 11 is 0. The van der Waals surface area contributed by atoms with Crippen LogP contribution in [0.25, 0.3) is 0 Å². The maximum absolute atomic E-state index is 13.6. The van der Waals surface area contributed by atoms with Crippen molar-refractivity contribution in [2.45, 2.75) is 13.1 Å². The quantitative estimate of drug-likeness (QED) is 0.792. The summed E-state index contributed by atoms with van der Waals surface area (Å²) in [5, 5.41) is 3.19. The summed E-state index contributed by atoms with van der Waals surface area (Å²) in [4.78, 5) is 0. The molecule has 0 aliphatic carbocycles. The molecule has 0 aromatic heterocycles. The normalized spacial score (nSPS) is 10.4. The number of nitrogen functional groups attached to an aromatic ring is 1. The Morgan fingerprint density at radius 2 is 1.71 bits per heavy atom. The molecule has 2 aromatic carbocycles. The molecular formula is C14H15FN2. The summed E-state index contributed by atoms with van der Waals surface area (Å²) in [5.74, 6) is -0.326. The van der Waals surface area contributed by atoms with Crippen LogP contribution < -0.4 is 11.1 Å². The van der Waals surface area contributed by atoms with Gasteiger partial charge in [-0.2, -0.15) is 0 Å². The zero-order valence-corrected chi connectivity index (χ0v) is 9.49. The van der Waals surface area contributed by atoms with Crippen LogP contribution in [0.4, 0.5) is 10.1 Å². The minimum atomic E-state index is -0.326.